The molecule has 1 atom stereocenters. The lowest BCUT2D eigenvalue weighted by atomic mass is 10.1. The fraction of sp³-hybridized carbons (Fsp3) is 0.412. The van der Waals surface area contributed by atoms with Crippen LogP contribution in [-0.4, -0.2) is 37.9 Å². The summed E-state index contributed by atoms with van der Waals surface area (Å²) in [7, 11) is 5.24. The minimum atomic E-state index is -0.0955. The fourth-order valence-electron chi connectivity index (χ4n) is 2.41. The second kappa shape index (κ2) is 7.98. The van der Waals surface area contributed by atoms with Crippen molar-refractivity contribution >= 4 is 0 Å². The van der Waals surface area contributed by atoms with Gasteiger partial charge in [0, 0.05) is 7.11 Å². The average molecular weight is 305 g/mol. The molecule has 22 heavy (non-hydrogen) atoms. The van der Waals surface area contributed by atoms with Gasteiger partial charge in [-0.05, 0) is 36.9 Å². The van der Waals surface area contributed by atoms with Crippen molar-refractivity contribution in [3.8, 4) is 5.75 Å². The van der Waals surface area contributed by atoms with Crippen molar-refractivity contribution < 1.29 is 19.0 Å². The molecule has 0 bridgehead atoms. The lowest BCUT2D eigenvalue weighted by Gasteiger charge is -2.26. The van der Waals surface area contributed by atoms with Crippen LogP contribution < -0.4 is 4.74 Å². The average Bonchev–Trinajstić information content (AvgIpc) is 2.96. The normalized spacial score (nSPS) is 12.6. The zero-order chi connectivity index (χ0) is 15.9. The lowest BCUT2D eigenvalue weighted by Crippen LogP contribution is -2.26. The number of nitrogens with zero attached hydrogens (tertiary/aromatic N) is 1. The van der Waals surface area contributed by atoms with Crippen molar-refractivity contribution in [2.45, 2.75) is 19.2 Å². The molecule has 0 aliphatic heterocycles. The Labute approximate surface area is 131 Å². The molecule has 2 rings (SSSR count). The van der Waals surface area contributed by atoms with Gasteiger partial charge < -0.3 is 19.0 Å². The Hall–Kier alpha value is -1.82. The molecule has 5 heteroatoms. The molecular weight excluding hydrogens is 282 g/mol. The number of benzene rings is 1. The number of rotatable bonds is 8. The summed E-state index contributed by atoms with van der Waals surface area (Å²) in [4.78, 5) is 2.05. The van der Waals surface area contributed by atoms with E-state index in [1.54, 1.807) is 14.2 Å². The number of hydrogen-bond donors (Lipinski definition) is 1. The van der Waals surface area contributed by atoms with E-state index in [9.17, 15) is 5.11 Å². The predicted molar refractivity (Wildman–Crippen MR) is 83.7 cm³/mol. The summed E-state index contributed by atoms with van der Waals surface area (Å²) in [6.45, 7) is 1.11. The molecule has 1 aromatic heterocycles. The van der Waals surface area contributed by atoms with Gasteiger partial charge in [0.15, 0.2) is 0 Å². The first kappa shape index (κ1) is 16.5. The zero-order valence-electron chi connectivity index (χ0n) is 13.3. The standard InChI is InChI=1S/C17H23NO4/c1-18(10-15-8-9-16(22-15)12-20-2)17(11-19)13-4-6-14(21-3)7-5-13/h4-9,17,19H,10-12H2,1-3H3. The molecule has 1 aromatic carbocycles. The van der Waals surface area contributed by atoms with Crippen molar-refractivity contribution in [3.63, 3.8) is 0 Å². The van der Waals surface area contributed by atoms with Gasteiger partial charge in [-0.15, -0.1) is 0 Å². The van der Waals surface area contributed by atoms with E-state index in [0.717, 1.165) is 22.8 Å². The third-order valence-corrected chi connectivity index (χ3v) is 3.61. The minimum absolute atomic E-state index is 0.0362. The van der Waals surface area contributed by atoms with Crippen LogP contribution in [0.15, 0.2) is 40.8 Å². The second-order valence-electron chi connectivity index (χ2n) is 5.19. The van der Waals surface area contributed by atoms with E-state index in [0.29, 0.717) is 13.2 Å². The van der Waals surface area contributed by atoms with E-state index in [1.807, 2.05) is 43.4 Å². The lowest BCUT2D eigenvalue weighted by molar-refractivity contribution is 0.130. The Morgan fingerprint density at radius 1 is 1.09 bits per heavy atom. The first-order valence-corrected chi connectivity index (χ1v) is 7.19. The van der Waals surface area contributed by atoms with Gasteiger partial charge in [-0.2, -0.15) is 0 Å². The summed E-state index contributed by atoms with van der Waals surface area (Å²) in [6.07, 6.45) is 0. The molecule has 1 N–H and O–H groups in total. The highest BCUT2D eigenvalue weighted by molar-refractivity contribution is 5.29. The SMILES string of the molecule is COCc1ccc(CN(C)C(CO)c2ccc(OC)cc2)o1. The second-order valence-corrected chi connectivity index (χ2v) is 5.19. The smallest absolute Gasteiger partial charge is 0.129 e. The summed E-state index contributed by atoms with van der Waals surface area (Å²) in [5, 5.41) is 9.72. The maximum atomic E-state index is 9.72. The Morgan fingerprint density at radius 3 is 2.36 bits per heavy atom. The minimum Gasteiger partial charge on any atom is -0.497 e. The molecule has 0 radical (unpaired) electrons. The molecule has 1 unspecified atom stereocenters. The summed E-state index contributed by atoms with van der Waals surface area (Å²) in [6, 6.07) is 11.5. The van der Waals surface area contributed by atoms with Crippen LogP contribution >= 0.6 is 0 Å². The molecule has 0 aliphatic rings. The Kier molecular flexibility index (Phi) is 6.00. The Morgan fingerprint density at radius 2 is 1.77 bits per heavy atom. The molecule has 0 spiro atoms. The summed E-state index contributed by atoms with van der Waals surface area (Å²) in [5.41, 5.74) is 1.04. The van der Waals surface area contributed by atoms with Crippen LogP contribution in [-0.2, 0) is 17.9 Å². The summed E-state index contributed by atoms with van der Waals surface area (Å²) >= 11 is 0. The van der Waals surface area contributed by atoms with Crippen LogP contribution in [0.4, 0.5) is 0 Å². The van der Waals surface area contributed by atoms with Gasteiger partial charge in [0.1, 0.15) is 23.9 Å². The van der Waals surface area contributed by atoms with Crippen molar-refractivity contribution in [2.24, 2.45) is 0 Å². The molecule has 0 fully saturated rings. The summed E-state index contributed by atoms with van der Waals surface area (Å²) < 4.78 is 15.9. The van der Waals surface area contributed by atoms with E-state index >= 15 is 0 Å². The van der Waals surface area contributed by atoms with Crippen molar-refractivity contribution in [3.05, 3.63) is 53.5 Å². The summed E-state index contributed by atoms with van der Waals surface area (Å²) in [5.74, 6) is 2.45. The number of aliphatic hydroxyl groups is 1. The van der Waals surface area contributed by atoms with Crippen molar-refractivity contribution in [2.75, 3.05) is 27.9 Å². The Balaban J connectivity index is 2.05. The third kappa shape index (κ3) is 4.10. The topological polar surface area (TPSA) is 55.1 Å². The van der Waals surface area contributed by atoms with Crippen LogP contribution in [0.2, 0.25) is 0 Å². The van der Waals surface area contributed by atoms with Gasteiger partial charge >= 0.3 is 0 Å². The molecule has 5 nitrogen and oxygen atoms in total. The quantitative estimate of drug-likeness (QED) is 0.812. The number of ether oxygens (including phenoxy) is 2. The number of aliphatic hydroxyl groups excluding tert-OH is 1. The first-order chi connectivity index (χ1) is 10.7. The highest BCUT2D eigenvalue weighted by atomic mass is 16.5. The number of furan rings is 1. The molecule has 0 saturated carbocycles. The Bertz CT molecular complexity index is 564. The van der Waals surface area contributed by atoms with Gasteiger partial charge in [-0.25, -0.2) is 0 Å². The van der Waals surface area contributed by atoms with E-state index in [1.165, 1.54) is 0 Å². The van der Waals surface area contributed by atoms with Gasteiger partial charge in [0.25, 0.3) is 0 Å². The molecule has 0 saturated heterocycles. The molecule has 0 aliphatic carbocycles. The van der Waals surface area contributed by atoms with Crippen LogP contribution in [0.25, 0.3) is 0 Å². The van der Waals surface area contributed by atoms with Gasteiger partial charge in [-0.1, -0.05) is 12.1 Å². The first-order valence-electron chi connectivity index (χ1n) is 7.19. The zero-order valence-corrected chi connectivity index (χ0v) is 13.3. The van der Waals surface area contributed by atoms with Crippen molar-refractivity contribution in [1.82, 2.24) is 4.90 Å². The van der Waals surface area contributed by atoms with E-state index in [4.69, 9.17) is 13.9 Å². The maximum absolute atomic E-state index is 9.72. The van der Waals surface area contributed by atoms with Gasteiger partial charge in [0.05, 0.1) is 26.3 Å². The van der Waals surface area contributed by atoms with Crippen LogP contribution in [0, 0.1) is 0 Å². The van der Waals surface area contributed by atoms with E-state index in [-0.39, 0.29) is 12.6 Å². The highest BCUT2D eigenvalue weighted by Crippen LogP contribution is 2.23. The van der Waals surface area contributed by atoms with Crippen LogP contribution in [0.3, 0.4) is 0 Å². The monoisotopic (exact) mass is 305 g/mol. The number of likely N-dealkylation sites (N-methyl/N-ethyl adjacent to an activating group) is 1. The van der Waals surface area contributed by atoms with Crippen molar-refractivity contribution in [1.29, 1.82) is 0 Å². The van der Waals surface area contributed by atoms with Gasteiger partial charge in [0.2, 0.25) is 0 Å². The molecule has 1 heterocycles. The number of hydrogen-bond acceptors (Lipinski definition) is 5. The third-order valence-electron chi connectivity index (χ3n) is 3.61. The molecule has 2 aromatic rings. The molecule has 0 amide bonds. The van der Waals surface area contributed by atoms with Gasteiger partial charge in [-0.3, -0.25) is 4.90 Å². The number of methoxy groups -OCH3 is 2. The molecular formula is C17H23NO4. The van der Waals surface area contributed by atoms with Crippen LogP contribution in [0.5, 0.6) is 5.75 Å². The van der Waals surface area contributed by atoms with E-state index < -0.39 is 0 Å². The van der Waals surface area contributed by atoms with Crippen LogP contribution in [0.1, 0.15) is 23.1 Å². The predicted octanol–water partition coefficient (Wildman–Crippen LogP) is 2.60. The maximum Gasteiger partial charge on any atom is 0.129 e. The molecule has 120 valence electrons. The highest BCUT2D eigenvalue weighted by Gasteiger charge is 2.17. The fourth-order valence-corrected chi connectivity index (χ4v) is 2.41. The largest absolute Gasteiger partial charge is 0.497 e. The van der Waals surface area contributed by atoms with E-state index in [2.05, 4.69) is 4.90 Å².